The van der Waals surface area contributed by atoms with Gasteiger partial charge in [0.15, 0.2) is 5.76 Å². The Morgan fingerprint density at radius 2 is 1.70 bits per heavy atom. The number of carboxylic acid groups (broad SMARTS) is 1. The molecule has 1 atom stereocenters. The number of benzene rings is 3. The molecule has 0 spiro atoms. The number of nitrogens with one attached hydrogen (secondary N) is 1. The Balaban J connectivity index is 1.38. The Kier molecular flexibility index (Phi) is 8.10. The molecule has 4 rings (SSSR count). The molecule has 37 heavy (non-hydrogen) atoms. The SMILES string of the molecule is Cc1noc(-c2ccc(COc3ccc(CC(=O)O)cc3)cc2)c1NC(=O)OC(C)c1ccccc1Cl. The maximum Gasteiger partial charge on any atom is 0.412 e. The van der Waals surface area contributed by atoms with E-state index in [-0.39, 0.29) is 6.42 Å². The summed E-state index contributed by atoms with van der Waals surface area (Å²) in [6, 6.07) is 21.6. The Hall–Kier alpha value is -4.30. The number of aromatic nitrogens is 1. The maximum atomic E-state index is 12.6. The first kappa shape index (κ1) is 25.8. The summed E-state index contributed by atoms with van der Waals surface area (Å²) in [5, 5.41) is 16.1. The number of aryl methyl sites for hydroxylation is 1. The number of carbonyl (C=O) groups is 2. The van der Waals surface area contributed by atoms with E-state index >= 15 is 0 Å². The van der Waals surface area contributed by atoms with Gasteiger partial charge in [-0.2, -0.15) is 0 Å². The Morgan fingerprint density at radius 1 is 1.03 bits per heavy atom. The molecule has 0 aliphatic rings. The first-order valence-electron chi connectivity index (χ1n) is 11.5. The zero-order chi connectivity index (χ0) is 26.4. The van der Waals surface area contributed by atoms with E-state index in [0.29, 0.717) is 45.6 Å². The summed E-state index contributed by atoms with van der Waals surface area (Å²) in [4.78, 5) is 23.4. The molecule has 0 saturated heterocycles. The van der Waals surface area contributed by atoms with Crippen molar-refractivity contribution in [3.63, 3.8) is 0 Å². The van der Waals surface area contributed by atoms with E-state index in [1.165, 1.54) is 0 Å². The monoisotopic (exact) mass is 520 g/mol. The standard InChI is InChI=1S/C28H25ClN2O6/c1-17-26(30-28(34)36-18(2)23-5-3-4-6-24(23)29)27(37-31-17)21-11-7-20(8-12-21)16-35-22-13-9-19(10-14-22)15-25(32)33/h3-14,18H,15-16H2,1-2H3,(H,30,34)(H,32,33). The quantitative estimate of drug-likeness (QED) is 0.249. The van der Waals surface area contributed by atoms with Gasteiger partial charge < -0.3 is 19.1 Å². The van der Waals surface area contributed by atoms with Crippen LogP contribution in [-0.2, 0) is 22.6 Å². The molecular weight excluding hydrogens is 496 g/mol. The summed E-state index contributed by atoms with van der Waals surface area (Å²) in [6.07, 6.45) is -1.23. The molecule has 0 fully saturated rings. The lowest BCUT2D eigenvalue weighted by Gasteiger charge is -2.15. The second-order valence-corrected chi connectivity index (χ2v) is 8.77. The summed E-state index contributed by atoms with van der Waals surface area (Å²) in [5.74, 6) is 0.166. The van der Waals surface area contributed by atoms with Crippen LogP contribution in [0.3, 0.4) is 0 Å². The van der Waals surface area contributed by atoms with Crippen LogP contribution in [0.5, 0.6) is 5.75 Å². The molecule has 1 heterocycles. The van der Waals surface area contributed by atoms with Crippen LogP contribution in [0.2, 0.25) is 5.02 Å². The third kappa shape index (κ3) is 6.68. The number of hydrogen-bond acceptors (Lipinski definition) is 6. The summed E-state index contributed by atoms with van der Waals surface area (Å²) in [7, 11) is 0. The second kappa shape index (κ2) is 11.6. The molecule has 0 aliphatic heterocycles. The second-order valence-electron chi connectivity index (χ2n) is 8.37. The van der Waals surface area contributed by atoms with E-state index in [2.05, 4.69) is 10.5 Å². The van der Waals surface area contributed by atoms with Gasteiger partial charge in [0.1, 0.15) is 29.8 Å². The van der Waals surface area contributed by atoms with Crippen LogP contribution in [-0.4, -0.2) is 22.3 Å². The lowest BCUT2D eigenvalue weighted by molar-refractivity contribution is -0.136. The molecular formula is C28H25ClN2O6. The van der Waals surface area contributed by atoms with Crippen LogP contribution < -0.4 is 10.1 Å². The fourth-order valence-electron chi connectivity index (χ4n) is 3.67. The van der Waals surface area contributed by atoms with Crippen LogP contribution in [0.25, 0.3) is 11.3 Å². The Bertz CT molecular complexity index is 1380. The summed E-state index contributed by atoms with van der Waals surface area (Å²) in [5.41, 5.74) is 3.97. The van der Waals surface area contributed by atoms with Gasteiger partial charge in [-0.3, -0.25) is 10.1 Å². The van der Waals surface area contributed by atoms with Gasteiger partial charge in [-0.25, -0.2) is 4.79 Å². The average Bonchev–Trinajstić information content (AvgIpc) is 3.23. The summed E-state index contributed by atoms with van der Waals surface area (Å²) >= 11 is 6.20. The van der Waals surface area contributed by atoms with E-state index in [1.807, 2.05) is 36.4 Å². The van der Waals surface area contributed by atoms with Crippen molar-refractivity contribution in [2.75, 3.05) is 5.32 Å². The molecule has 2 N–H and O–H groups in total. The van der Waals surface area contributed by atoms with E-state index < -0.39 is 18.2 Å². The van der Waals surface area contributed by atoms with Crippen molar-refractivity contribution in [2.45, 2.75) is 33.0 Å². The van der Waals surface area contributed by atoms with Crippen LogP contribution in [0.15, 0.2) is 77.3 Å². The number of carboxylic acids is 1. The number of aliphatic carboxylic acids is 1. The topological polar surface area (TPSA) is 111 Å². The predicted molar refractivity (Wildman–Crippen MR) is 139 cm³/mol. The highest BCUT2D eigenvalue weighted by atomic mass is 35.5. The largest absolute Gasteiger partial charge is 0.489 e. The van der Waals surface area contributed by atoms with Gasteiger partial charge in [0.25, 0.3) is 0 Å². The number of anilines is 1. The molecule has 1 aromatic heterocycles. The van der Waals surface area contributed by atoms with Crippen molar-refractivity contribution in [3.8, 4) is 17.1 Å². The first-order valence-corrected chi connectivity index (χ1v) is 11.9. The number of ether oxygens (including phenoxy) is 2. The molecule has 4 aromatic rings. The summed E-state index contributed by atoms with van der Waals surface area (Å²) < 4.78 is 16.8. The number of amides is 1. The van der Waals surface area contributed by atoms with Crippen molar-refractivity contribution in [1.82, 2.24) is 5.16 Å². The molecule has 0 radical (unpaired) electrons. The number of carbonyl (C=O) groups excluding carboxylic acids is 1. The van der Waals surface area contributed by atoms with E-state index in [9.17, 15) is 9.59 Å². The van der Waals surface area contributed by atoms with Crippen molar-refractivity contribution < 1.29 is 28.7 Å². The molecule has 1 unspecified atom stereocenters. The fraction of sp³-hybridized carbons (Fsp3) is 0.179. The number of hydrogen-bond donors (Lipinski definition) is 2. The molecule has 9 heteroatoms. The lowest BCUT2D eigenvalue weighted by Crippen LogP contribution is -2.17. The maximum absolute atomic E-state index is 12.6. The van der Waals surface area contributed by atoms with Crippen molar-refractivity contribution in [3.05, 3.63) is 100 Å². The predicted octanol–water partition coefficient (Wildman–Crippen LogP) is 6.82. The van der Waals surface area contributed by atoms with Gasteiger partial charge in [-0.15, -0.1) is 0 Å². The minimum atomic E-state index is -0.877. The van der Waals surface area contributed by atoms with E-state index in [4.69, 9.17) is 30.7 Å². The van der Waals surface area contributed by atoms with Gasteiger partial charge in [-0.05, 0) is 43.2 Å². The first-order chi connectivity index (χ1) is 17.8. The fourth-order valence-corrected chi connectivity index (χ4v) is 3.96. The number of nitrogens with zero attached hydrogens (tertiary/aromatic N) is 1. The lowest BCUT2D eigenvalue weighted by atomic mass is 10.1. The number of halogens is 1. The Morgan fingerprint density at radius 3 is 2.38 bits per heavy atom. The zero-order valence-electron chi connectivity index (χ0n) is 20.2. The highest BCUT2D eigenvalue weighted by molar-refractivity contribution is 6.31. The average molecular weight is 521 g/mol. The molecule has 1 amide bonds. The van der Waals surface area contributed by atoms with Crippen LogP contribution in [0.1, 0.15) is 35.4 Å². The van der Waals surface area contributed by atoms with Crippen LogP contribution in [0, 0.1) is 6.92 Å². The summed E-state index contributed by atoms with van der Waals surface area (Å²) in [6.45, 7) is 3.79. The number of rotatable bonds is 9. The van der Waals surface area contributed by atoms with Gasteiger partial charge in [0.05, 0.1) is 6.42 Å². The smallest absolute Gasteiger partial charge is 0.412 e. The minimum absolute atomic E-state index is 0.0299. The Labute approximate surface area is 218 Å². The van der Waals surface area contributed by atoms with Gasteiger partial charge >= 0.3 is 12.1 Å². The molecule has 8 nitrogen and oxygen atoms in total. The van der Waals surface area contributed by atoms with Gasteiger partial charge in [0.2, 0.25) is 0 Å². The zero-order valence-corrected chi connectivity index (χ0v) is 21.0. The van der Waals surface area contributed by atoms with E-state index in [1.54, 1.807) is 50.2 Å². The molecule has 190 valence electrons. The van der Waals surface area contributed by atoms with Crippen LogP contribution >= 0.6 is 11.6 Å². The van der Waals surface area contributed by atoms with Crippen molar-refractivity contribution in [2.24, 2.45) is 0 Å². The van der Waals surface area contributed by atoms with Gasteiger partial charge in [0, 0.05) is 16.1 Å². The normalized spacial score (nSPS) is 11.5. The minimum Gasteiger partial charge on any atom is -0.489 e. The third-order valence-electron chi connectivity index (χ3n) is 5.62. The van der Waals surface area contributed by atoms with Crippen LogP contribution in [0.4, 0.5) is 10.5 Å². The highest BCUT2D eigenvalue weighted by Gasteiger charge is 2.20. The molecule has 0 aliphatic carbocycles. The van der Waals surface area contributed by atoms with Crippen molar-refractivity contribution >= 4 is 29.4 Å². The third-order valence-corrected chi connectivity index (χ3v) is 5.96. The molecule has 0 saturated carbocycles. The van der Waals surface area contributed by atoms with Crippen molar-refractivity contribution in [1.29, 1.82) is 0 Å². The molecule has 0 bridgehead atoms. The van der Waals surface area contributed by atoms with E-state index in [0.717, 1.165) is 11.1 Å². The van der Waals surface area contributed by atoms with Gasteiger partial charge in [-0.1, -0.05) is 71.4 Å². The highest BCUT2D eigenvalue weighted by Crippen LogP contribution is 2.32. The molecule has 3 aromatic carbocycles.